The summed E-state index contributed by atoms with van der Waals surface area (Å²) >= 11 is 0. The molecular formula is C30H40N6O2. The smallest absolute Gasteiger partial charge is 0.326 e. The number of nitrogens with one attached hydrogen (secondary N) is 1. The lowest BCUT2D eigenvalue weighted by Gasteiger charge is -2.40. The zero-order valence-electron chi connectivity index (χ0n) is 23.0. The van der Waals surface area contributed by atoms with Gasteiger partial charge in [-0.2, -0.15) is 0 Å². The Morgan fingerprint density at radius 1 is 1.03 bits per heavy atom. The van der Waals surface area contributed by atoms with E-state index in [1.165, 1.54) is 12.8 Å². The van der Waals surface area contributed by atoms with Crippen molar-refractivity contribution in [1.82, 2.24) is 19.7 Å². The number of methoxy groups -OCH3 is 1. The van der Waals surface area contributed by atoms with Crippen molar-refractivity contribution in [3.63, 3.8) is 0 Å². The Kier molecular flexibility index (Phi) is 7.98. The van der Waals surface area contributed by atoms with Crippen molar-refractivity contribution in [2.75, 3.05) is 30.4 Å². The summed E-state index contributed by atoms with van der Waals surface area (Å²) in [5, 5.41) is 11.9. The van der Waals surface area contributed by atoms with Crippen LogP contribution in [0.3, 0.4) is 0 Å². The number of ether oxygens (including phenoxy) is 1. The third-order valence-electron chi connectivity index (χ3n) is 8.09. The number of amides is 2. The van der Waals surface area contributed by atoms with Crippen molar-refractivity contribution in [2.45, 2.75) is 76.9 Å². The minimum Gasteiger partial charge on any atom is -0.495 e. The molecule has 1 aromatic heterocycles. The fraction of sp³-hybridized carbons (Fsp3) is 0.500. The maximum Gasteiger partial charge on any atom is 0.326 e. The van der Waals surface area contributed by atoms with Crippen LogP contribution in [0.2, 0.25) is 0 Å². The van der Waals surface area contributed by atoms with Gasteiger partial charge in [-0.25, -0.2) is 4.79 Å². The molecule has 3 heterocycles. The van der Waals surface area contributed by atoms with E-state index in [9.17, 15) is 4.79 Å². The summed E-state index contributed by atoms with van der Waals surface area (Å²) in [5.41, 5.74) is 1.57. The molecule has 0 spiro atoms. The van der Waals surface area contributed by atoms with Crippen LogP contribution in [-0.4, -0.2) is 58.0 Å². The van der Waals surface area contributed by atoms with Gasteiger partial charge in [-0.05, 0) is 63.3 Å². The highest BCUT2D eigenvalue weighted by Crippen LogP contribution is 2.42. The van der Waals surface area contributed by atoms with Gasteiger partial charge in [-0.1, -0.05) is 44.2 Å². The van der Waals surface area contributed by atoms with E-state index in [0.717, 1.165) is 43.1 Å². The molecule has 2 bridgehead atoms. The molecule has 3 aromatic rings. The van der Waals surface area contributed by atoms with Gasteiger partial charge in [0.25, 0.3) is 0 Å². The van der Waals surface area contributed by atoms with E-state index in [2.05, 4.69) is 45.8 Å². The average molecular weight is 517 g/mol. The first-order valence-corrected chi connectivity index (χ1v) is 13.9. The van der Waals surface area contributed by atoms with Gasteiger partial charge in [0.2, 0.25) is 0 Å². The fourth-order valence-electron chi connectivity index (χ4n) is 6.35. The van der Waals surface area contributed by atoms with E-state index in [-0.39, 0.29) is 6.03 Å². The second kappa shape index (κ2) is 11.6. The molecule has 8 nitrogen and oxygen atoms in total. The normalized spacial score (nSPS) is 21.0. The zero-order chi connectivity index (χ0) is 26.6. The molecule has 2 saturated heterocycles. The molecule has 0 radical (unpaired) electrons. The number of carbonyl (C=O) groups excluding carboxylic acids is 1. The minimum absolute atomic E-state index is 0.147. The van der Waals surface area contributed by atoms with Crippen LogP contribution < -0.4 is 15.0 Å². The van der Waals surface area contributed by atoms with Gasteiger partial charge in [-0.15, -0.1) is 10.2 Å². The first-order chi connectivity index (χ1) is 18.5. The molecule has 2 aliphatic heterocycles. The van der Waals surface area contributed by atoms with Crippen LogP contribution in [0.15, 0.2) is 54.6 Å². The lowest BCUT2D eigenvalue weighted by molar-refractivity contribution is 0.104. The monoisotopic (exact) mass is 516 g/mol. The first-order valence-electron chi connectivity index (χ1n) is 13.9. The summed E-state index contributed by atoms with van der Waals surface area (Å²) in [6.07, 6.45) is 5.69. The molecule has 2 amide bonds. The molecule has 0 saturated carbocycles. The maximum atomic E-state index is 13.4. The molecule has 5 rings (SSSR count). The Balaban J connectivity index is 1.24. The van der Waals surface area contributed by atoms with E-state index >= 15 is 0 Å². The number of piperidine rings is 1. The Morgan fingerprint density at radius 2 is 1.71 bits per heavy atom. The van der Waals surface area contributed by atoms with Crippen LogP contribution in [0.5, 0.6) is 5.75 Å². The lowest BCUT2D eigenvalue weighted by atomic mass is 9.96. The number of rotatable bonds is 9. The van der Waals surface area contributed by atoms with Crippen LogP contribution >= 0.6 is 0 Å². The Labute approximate surface area is 226 Å². The van der Waals surface area contributed by atoms with Crippen molar-refractivity contribution in [1.29, 1.82) is 0 Å². The summed E-state index contributed by atoms with van der Waals surface area (Å²) in [7, 11) is 1.62. The molecule has 8 heteroatoms. The second-order valence-electron chi connectivity index (χ2n) is 10.8. The maximum absolute atomic E-state index is 13.4. The molecule has 1 N–H and O–H groups in total. The summed E-state index contributed by atoms with van der Waals surface area (Å²) in [6, 6.07) is 18.9. The van der Waals surface area contributed by atoms with Crippen molar-refractivity contribution in [3.8, 4) is 5.75 Å². The standard InChI is InChI=1S/C30H40N6O2/c1-21(2)29-33-32-22(3)36(29)26-19-24-15-16-25(20-26)34(24)17-10-18-35(23-11-6-5-7-12-23)30(37)31-27-13-8-9-14-28(27)38-4/h5-9,11-14,21,24-26H,10,15-20H2,1-4H3,(H,31,37)/t24-,25+,26?. The number of aromatic nitrogens is 3. The minimum atomic E-state index is -0.147. The predicted octanol–water partition coefficient (Wildman–Crippen LogP) is 6.02. The number of benzene rings is 2. The van der Waals surface area contributed by atoms with Crippen molar-refractivity contribution in [2.24, 2.45) is 0 Å². The van der Waals surface area contributed by atoms with Gasteiger partial charge in [-0.3, -0.25) is 9.80 Å². The van der Waals surface area contributed by atoms with Crippen LogP contribution in [0.1, 0.15) is 69.6 Å². The number of anilines is 2. The van der Waals surface area contributed by atoms with Crippen LogP contribution in [0, 0.1) is 6.92 Å². The van der Waals surface area contributed by atoms with Gasteiger partial charge in [0.05, 0.1) is 12.8 Å². The van der Waals surface area contributed by atoms with Gasteiger partial charge in [0.1, 0.15) is 17.4 Å². The van der Waals surface area contributed by atoms with Gasteiger partial charge < -0.3 is 14.6 Å². The third-order valence-corrected chi connectivity index (χ3v) is 8.09. The van der Waals surface area contributed by atoms with Gasteiger partial charge in [0, 0.05) is 42.8 Å². The largest absolute Gasteiger partial charge is 0.495 e. The van der Waals surface area contributed by atoms with E-state index < -0.39 is 0 Å². The van der Waals surface area contributed by atoms with E-state index in [0.29, 0.717) is 42.0 Å². The van der Waals surface area contributed by atoms with Crippen LogP contribution in [0.4, 0.5) is 16.2 Å². The Hall–Kier alpha value is -3.39. The topological polar surface area (TPSA) is 75.5 Å². The molecule has 1 unspecified atom stereocenters. The summed E-state index contributed by atoms with van der Waals surface area (Å²) in [6.45, 7) is 8.12. The Bertz CT molecular complexity index is 1210. The number of carbonyl (C=O) groups is 1. The van der Waals surface area contributed by atoms with Crippen molar-refractivity contribution < 1.29 is 9.53 Å². The molecule has 202 valence electrons. The predicted molar refractivity (Wildman–Crippen MR) is 151 cm³/mol. The number of hydrogen-bond acceptors (Lipinski definition) is 5. The third kappa shape index (κ3) is 5.41. The molecule has 2 aromatic carbocycles. The first kappa shape index (κ1) is 26.2. The SMILES string of the molecule is COc1ccccc1NC(=O)N(CCCN1[C@@H]2CC[C@H]1CC(n1c(C)nnc1C(C)C)C2)c1ccccc1. The molecular weight excluding hydrogens is 476 g/mol. The van der Waals surface area contributed by atoms with Gasteiger partial charge >= 0.3 is 6.03 Å². The number of nitrogens with zero attached hydrogens (tertiary/aromatic N) is 5. The quantitative estimate of drug-likeness (QED) is 0.377. The summed E-state index contributed by atoms with van der Waals surface area (Å²) < 4.78 is 7.85. The van der Waals surface area contributed by atoms with E-state index in [4.69, 9.17) is 4.74 Å². The number of urea groups is 1. The number of hydrogen-bond donors (Lipinski definition) is 1. The highest BCUT2D eigenvalue weighted by molar-refractivity contribution is 6.02. The highest BCUT2D eigenvalue weighted by Gasteiger charge is 2.42. The van der Waals surface area contributed by atoms with Gasteiger partial charge in [0.15, 0.2) is 0 Å². The lowest BCUT2D eigenvalue weighted by Crippen LogP contribution is -2.45. The summed E-state index contributed by atoms with van der Waals surface area (Å²) in [4.78, 5) is 18.0. The Morgan fingerprint density at radius 3 is 2.39 bits per heavy atom. The molecule has 3 atom stereocenters. The molecule has 38 heavy (non-hydrogen) atoms. The number of para-hydroxylation sites is 3. The average Bonchev–Trinajstić information content (AvgIpc) is 3.42. The van der Waals surface area contributed by atoms with Crippen LogP contribution in [0.25, 0.3) is 0 Å². The highest BCUT2D eigenvalue weighted by atomic mass is 16.5. The molecule has 2 aliphatic rings. The summed E-state index contributed by atoms with van der Waals surface area (Å²) in [5.74, 6) is 3.17. The van der Waals surface area contributed by atoms with Crippen molar-refractivity contribution >= 4 is 17.4 Å². The molecule has 0 aliphatic carbocycles. The number of aryl methyl sites for hydroxylation is 1. The van der Waals surface area contributed by atoms with E-state index in [1.54, 1.807) is 7.11 Å². The van der Waals surface area contributed by atoms with E-state index in [1.807, 2.05) is 59.5 Å². The number of fused-ring (bicyclic) bond motifs is 2. The van der Waals surface area contributed by atoms with Crippen molar-refractivity contribution in [3.05, 3.63) is 66.2 Å². The fourth-order valence-corrected chi connectivity index (χ4v) is 6.35. The molecule has 2 fully saturated rings. The van der Waals surface area contributed by atoms with Crippen LogP contribution in [-0.2, 0) is 0 Å². The zero-order valence-corrected chi connectivity index (χ0v) is 23.0. The second-order valence-corrected chi connectivity index (χ2v) is 10.8.